The Bertz CT molecular complexity index is 119. The van der Waals surface area contributed by atoms with Crippen LogP contribution in [0.1, 0.15) is 6.92 Å². The molecule has 1 fully saturated rings. The zero-order chi connectivity index (χ0) is 8.97. The van der Waals surface area contributed by atoms with Gasteiger partial charge in [0.25, 0.3) is 0 Å². The zero-order valence-electron chi connectivity index (χ0n) is 8.51. The first kappa shape index (κ1) is 9.96. The summed E-state index contributed by atoms with van der Waals surface area (Å²) in [6.45, 7) is 8.31. The lowest BCUT2D eigenvalue weighted by Gasteiger charge is -2.33. The third-order valence-electron chi connectivity index (χ3n) is 2.62. The van der Waals surface area contributed by atoms with Gasteiger partial charge in [-0.05, 0) is 21.0 Å². The predicted molar refractivity (Wildman–Crippen MR) is 52.5 cm³/mol. The normalized spacial score (nSPS) is 24.2. The van der Waals surface area contributed by atoms with Crippen LogP contribution in [0.25, 0.3) is 0 Å². The van der Waals surface area contributed by atoms with Gasteiger partial charge in [0.15, 0.2) is 0 Å². The number of nitrogens with one attached hydrogen (secondary N) is 1. The molecular weight excluding hydrogens is 150 g/mol. The number of hydrogen-bond donors (Lipinski definition) is 1. The van der Waals surface area contributed by atoms with Crippen LogP contribution in [0.2, 0.25) is 0 Å². The van der Waals surface area contributed by atoms with Crippen molar-refractivity contribution < 1.29 is 0 Å². The van der Waals surface area contributed by atoms with Gasteiger partial charge in [0.2, 0.25) is 0 Å². The second-order valence-electron chi connectivity index (χ2n) is 3.79. The lowest BCUT2D eigenvalue weighted by atomic mass is 10.2. The first-order valence-electron chi connectivity index (χ1n) is 4.80. The van der Waals surface area contributed by atoms with Gasteiger partial charge in [-0.2, -0.15) is 0 Å². The lowest BCUT2D eigenvalue weighted by molar-refractivity contribution is 0.145. The van der Waals surface area contributed by atoms with Gasteiger partial charge < -0.3 is 10.2 Å². The SMILES string of the molecule is CNC(C)CN1CCN(C)CC1. The van der Waals surface area contributed by atoms with Crippen molar-refractivity contribution in [3.05, 3.63) is 0 Å². The van der Waals surface area contributed by atoms with Crippen molar-refractivity contribution in [2.45, 2.75) is 13.0 Å². The predicted octanol–water partition coefficient (Wildman–Crippen LogP) is -0.158. The van der Waals surface area contributed by atoms with E-state index in [1.165, 1.54) is 32.7 Å². The summed E-state index contributed by atoms with van der Waals surface area (Å²) in [6, 6.07) is 0.619. The Hall–Kier alpha value is -0.120. The van der Waals surface area contributed by atoms with E-state index in [0.29, 0.717) is 6.04 Å². The molecule has 12 heavy (non-hydrogen) atoms. The molecule has 1 heterocycles. The molecule has 0 bridgehead atoms. The first-order valence-corrected chi connectivity index (χ1v) is 4.80. The summed E-state index contributed by atoms with van der Waals surface area (Å²) >= 11 is 0. The maximum atomic E-state index is 3.27. The molecule has 1 unspecified atom stereocenters. The Morgan fingerprint density at radius 2 is 1.83 bits per heavy atom. The van der Waals surface area contributed by atoms with Crippen molar-refractivity contribution in [2.24, 2.45) is 0 Å². The van der Waals surface area contributed by atoms with Gasteiger partial charge in [-0.1, -0.05) is 0 Å². The number of piperazine rings is 1. The van der Waals surface area contributed by atoms with Crippen LogP contribution in [0.5, 0.6) is 0 Å². The molecule has 0 aliphatic carbocycles. The van der Waals surface area contributed by atoms with E-state index >= 15 is 0 Å². The fourth-order valence-electron chi connectivity index (χ4n) is 1.51. The summed E-state index contributed by atoms with van der Waals surface area (Å²) in [5, 5.41) is 3.27. The summed E-state index contributed by atoms with van der Waals surface area (Å²) in [5.74, 6) is 0. The van der Waals surface area contributed by atoms with E-state index in [0.717, 1.165) is 0 Å². The Balaban J connectivity index is 2.17. The smallest absolute Gasteiger partial charge is 0.0163 e. The standard InChI is InChI=1S/C9H21N3/c1-9(10-2)8-12-6-4-11(3)5-7-12/h9-10H,4-8H2,1-3H3. The number of nitrogens with zero attached hydrogens (tertiary/aromatic N) is 2. The number of likely N-dealkylation sites (N-methyl/N-ethyl adjacent to an activating group) is 2. The van der Waals surface area contributed by atoms with Crippen molar-refractivity contribution in [3.8, 4) is 0 Å². The van der Waals surface area contributed by atoms with Crippen LogP contribution in [-0.2, 0) is 0 Å². The van der Waals surface area contributed by atoms with Gasteiger partial charge >= 0.3 is 0 Å². The van der Waals surface area contributed by atoms with Crippen LogP contribution < -0.4 is 5.32 Å². The van der Waals surface area contributed by atoms with Crippen molar-refractivity contribution in [2.75, 3.05) is 46.8 Å². The van der Waals surface area contributed by atoms with E-state index in [2.05, 4.69) is 29.1 Å². The quantitative estimate of drug-likeness (QED) is 0.637. The highest BCUT2D eigenvalue weighted by molar-refractivity contribution is 4.72. The first-order chi connectivity index (χ1) is 5.72. The molecule has 0 aromatic heterocycles. The Morgan fingerprint density at radius 3 is 2.33 bits per heavy atom. The summed E-state index contributed by atoms with van der Waals surface area (Å²) in [4.78, 5) is 4.92. The van der Waals surface area contributed by atoms with Crippen molar-refractivity contribution in [3.63, 3.8) is 0 Å². The number of hydrogen-bond acceptors (Lipinski definition) is 3. The highest BCUT2D eigenvalue weighted by atomic mass is 15.3. The second-order valence-corrected chi connectivity index (χ2v) is 3.79. The molecule has 72 valence electrons. The van der Waals surface area contributed by atoms with E-state index in [1.54, 1.807) is 0 Å². The van der Waals surface area contributed by atoms with Crippen LogP contribution in [0.15, 0.2) is 0 Å². The molecule has 0 saturated carbocycles. The molecule has 3 nitrogen and oxygen atoms in total. The minimum atomic E-state index is 0.619. The third-order valence-corrected chi connectivity index (χ3v) is 2.62. The molecule has 0 aromatic carbocycles. The molecule has 0 spiro atoms. The number of rotatable bonds is 3. The molecule has 1 N–H and O–H groups in total. The van der Waals surface area contributed by atoms with Gasteiger partial charge in [-0.3, -0.25) is 4.90 Å². The van der Waals surface area contributed by atoms with Gasteiger partial charge in [-0.25, -0.2) is 0 Å². The summed E-state index contributed by atoms with van der Waals surface area (Å²) in [5.41, 5.74) is 0. The maximum absolute atomic E-state index is 3.27. The van der Waals surface area contributed by atoms with E-state index < -0.39 is 0 Å². The topological polar surface area (TPSA) is 18.5 Å². The molecule has 1 rings (SSSR count). The molecule has 0 radical (unpaired) electrons. The van der Waals surface area contributed by atoms with Gasteiger partial charge in [0, 0.05) is 38.8 Å². The molecular formula is C9H21N3. The van der Waals surface area contributed by atoms with E-state index in [-0.39, 0.29) is 0 Å². The maximum Gasteiger partial charge on any atom is 0.0163 e. The van der Waals surface area contributed by atoms with Crippen molar-refractivity contribution in [1.29, 1.82) is 0 Å². The summed E-state index contributed by atoms with van der Waals surface area (Å²) in [7, 11) is 4.22. The fourth-order valence-corrected chi connectivity index (χ4v) is 1.51. The highest BCUT2D eigenvalue weighted by Crippen LogP contribution is 1.99. The van der Waals surface area contributed by atoms with Gasteiger partial charge in [0.05, 0.1) is 0 Å². The monoisotopic (exact) mass is 171 g/mol. The van der Waals surface area contributed by atoms with E-state index in [4.69, 9.17) is 0 Å². The molecule has 1 aliphatic heterocycles. The molecule has 1 atom stereocenters. The fraction of sp³-hybridized carbons (Fsp3) is 1.00. The van der Waals surface area contributed by atoms with E-state index in [9.17, 15) is 0 Å². The summed E-state index contributed by atoms with van der Waals surface area (Å²) in [6.07, 6.45) is 0. The molecule has 0 aromatic rings. The molecule has 1 saturated heterocycles. The second kappa shape index (κ2) is 4.80. The van der Waals surface area contributed by atoms with Gasteiger partial charge in [-0.15, -0.1) is 0 Å². The average Bonchev–Trinajstić information content (AvgIpc) is 2.09. The Morgan fingerprint density at radius 1 is 1.25 bits per heavy atom. The largest absolute Gasteiger partial charge is 0.316 e. The Kier molecular flexibility index (Phi) is 3.98. The third kappa shape index (κ3) is 3.09. The zero-order valence-corrected chi connectivity index (χ0v) is 8.51. The molecule has 3 heteroatoms. The minimum Gasteiger partial charge on any atom is -0.316 e. The van der Waals surface area contributed by atoms with Crippen molar-refractivity contribution >= 4 is 0 Å². The van der Waals surface area contributed by atoms with Gasteiger partial charge in [0.1, 0.15) is 0 Å². The molecule has 0 amide bonds. The van der Waals surface area contributed by atoms with E-state index in [1.807, 2.05) is 7.05 Å². The van der Waals surface area contributed by atoms with Crippen LogP contribution >= 0.6 is 0 Å². The lowest BCUT2D eigenvalue weighted by Crippen LogP contribution is -2.48. The highest BCUT2D eigenvalue weighted by Gasteiger charge is 2.14. The Labute approximate surface area is 75.7 Å². The van der Waals surface area contributed by atoms with Crippen LogP contribution in [0, 0.1) is 0 Å². The van der Waals surface area contributed by atoms with Crippen LogP contribution in [-0.4, -0.2) is 62.7 Å². The molecule has 1 aliphatic rings. The van der Waals surface area contributed by atoms with Crippen molar-refractivity contribution in [1.82, 2.24) is 15.1 Å². The average molecular weight is 171 g/mol. The van der Waals surface area contributed by atoms with Crippen LogP contribution in [0.4, 0.5) is 0 Å². The van der Waals surface area contributed by atoms with Crippen LogP contribution in [0.3, 0.4) is 0 Å². The minimum absolute atomic E-state index is 0.619. The summed E-state index contributed by atoms with van der Waals surface area (Å²) < 4.78 is 0.